The molecule has 4 nitrogen and oxygen atoms in total. The number of aryl methyl sites for hydroxylation is 2. The number of aromatic nitrogens is 3. The molecule has 0 bridgehead atoms. The lowest BCUT2D eigenvalue weighted by atomic mass is 9.89. The number of fused-ring (bicyclic) bond motifs is 3. The van der Waals surface area contributed by atoms with Crippen LogP contribution in [0.1, 0.15) is 49.5 Å². The van der Waals surface area contributed by atoms with Gasteiger partial charge in [0.25, 0.3) is 5.82 Å². The van der Waals surface area contributed by atoms with Crippen molar-refractivity contribution < 1.29 is 8.98 Å². The standard InChI is InChI=1S/C32H30N3O/c1-21-19-20-28-30(33-31(36-28)23-12-4-3-5-13-23)29(21)32-34(2)26-16-8-9-17-27(26)35(32)25-18-10-14-22-11-6-7-15-24(22)25/h6-11,14-20,23H,3-5,12-13H2,1-2H3/q+1. The van der Waals surface area contributed by atoms with Gasteiger partial charge in [0.15, 0.2) is 22.5 Å². The molecule has 178 valence electrons. The summed E-state index contributed by atoms with van der Waals surface area (Å²) in [5, 5.41) is 2.47. The number of oxazole rings is 1. The van der Waals surface area contributed by atoms with Crippen molar-refractivity contribution in [2.75, 3.05) is 0 Å². The van der Waals surface area contributed by atoms with Crippen LogP contribution in [0.5, 0.6) is 0 Å². The first kappa shape index (κ1) is 21.4. The monoisotopic (exact) mass is 472 g/mol. The predicted molar refractivity (Wildman–Crippen MR) is 146 cm³/mol. The zero-order valence-corrected chi connectivity index (χ0v) is 20.9. The molecule has 2 heterocycles. The van der Waals surface area contributed by atoms with Gasteiger partial charge in [-0.1, -0.05) is 73.9 Å². The zero-order chi connectivity index (χ0) is 24.2. The molecule has 1 aliphatic rings. The average Bonchev–Trinajstić information content (AvgIpc) is 3.48. The molecule has 36 heavy (non-hydrogen) atoms. The molecule has 1 saturated carbocycles. The maximum atomic E-state index is 6.42. The number of nitrogens with zero attached hydrogens (tertiary/aromatic N) is 3. The zero-order valence-electron chi connectivity index (χ0n) is 20.9. The highest BCUT2D eigenvalue weighted by Gasteiger charge is 2.31. The van der Waals surface area contributed by atoms with E-state index in [4.69, 9.17) is 9.40 Å². The van der Waals surface area contributed by atoms with E-state index in [1.165, 1.54) is 65.2 Å². The van der Waals surface area contributed by atoms with E-state index in [-0.39, 0.29) is 0 Å². The number of rotatable bonds is 3. The van der Waals surface area contributed by atoms with Gasteiger partial charge in [-0.2, -0.15) is 4.57 Å². The minimum absolute atomic E-state index is 0.428. The molecule has 0 atom stereocenters. The molecule has 0 unspecified atom stereocenters. The molecule has 0 N–H and O–H groups in total. The van der Waals surface area contributed by atoms with Crippen LogP contribution in [0.4, 0.5) is 0 Å². The summed E-state index contributed by atoms with van der Waals surface area (Å²) < 4.78 is 11.1. The SMILES string of the molecule is Cc1ccc2oc(C3CCCCC3)nc2c1-c1n(-c2cccc3ccccc23)c2ccccc2[n+]1C. The van der Waals surface area contributed by atoms with E-state index in [1.807, 2.05) is 0 Å². The van der Waals surface area contributed by atoms with Crippen LogP contribution in [0.2, 0.25) is 0 Å². The normalized spacial score (nSPS) is 14.8. The summed E-state index contributed by atoms with van der Waals surface area (Å²) in [5.74, 6) is 2.46. The van der Waals surface area contributed by atoms with Crippen LogP contribution in [0.15, 0.2) is 83.3 Å². The Morgan fingerprint density at radius 1 is 0.861 bits per heavy atom. The molecule has 4 aromatic carbocycles. The molecule has 0 aliphatic heterocycles. The van der Waals surface area contributed by atoms with Crippen molar-refractivity contribution in [1.29, 1.82) is 0 Å². The summed E-state index contributed by atoms with van der Waals surface area (Å²) in [6.45, 7) is 2.19. The summed E-state index contributed by atoms with van der Waals surface area (Å²) in [6.07, 6.45) is 6.19. The van der Waals surface area contributed by atoms with Crippen LogP contribution >= 0.6 is 0 Å². The topological polar surface area (TPSA) is 34.8 Å². The number of para-hydroxylation sites is 2. The van der Waals surface area contributed by atoms with E-state index in [1.54, 1.807) is 0 Å². The van der Waals surface area contributed by atoms with Gasteiger partial charge in [-0.05, 0) is 55.0 Å². The number of hydrogen-bond donors (Lipinski definition) is 0. The second-order valence-electron chi connectivity index (χ2n) is 10.2. The minimum atomic E-state index is 0.428. The lowest BCUT2D eigenvalue weighted by Crippen LogP contribution is -2.30. The fraction of sp³-hybridized carbons (Fsp3) is 0.250. The Labute approximate surface area is 210 Å². The summed E-state index contributed by atoms with van der Waals surface area (Å²) >= 11 is 0. The molecule has 1 aliphatic carbocycles. The number of hydrogen-bond acceptors (Lipinski definition) is 2. The highest BCUT2D eigenvalue weighted by Crippen LogP contribution is 2.39. The van der Waals surface area contributed by atoms with Crippen molar-refractivity contribution in [2.45, 2.75) is 44.9 Å². The van der Waals surface area contributed by atoms with E-state index >= 15 is 0 Å². The van der Waals surface area contributed by atoms with E-state index in [0.717, 1.165) is 28.4 Å². The van der Waals surface area contributed by atoms with Crippen molar-refractivity contribution in [3.05, 3.63) is 90.3 Å². The minimum Gasteiger partial charge on any atom is -0.440 e. The molecule has 6 aromatic rings. The molecule has 0 spiro atoms. The van der Waals surface area contributed by atoms with Crippen LogP contribution in [-0.4, -0.2) is 9.55 Å². The fourth-order valence-electron chi connectivity index (χ4n) is 6.16. The molecule has 0 saturated heterocycles. The number of imidazole rings is 1. The third kappa shape index (κ3) is 3.21. The third-order valence-corrected chi connectivity index (χ3v) is 7.98. The van der Waals surface area contributed by atoms with E-state index in [2.05, 4.69) is 102 Å². The molecule has 4 heteroatoms. The van der Waals surface area contributed by atoms with Crippen molar-refractivity contribution in [2.24, 2.45) is 7.05 Å². The molecule has 1 fully saturated rings. The summed E-state index contributed by atoms with van der Waals surface area (Å²) in [7, 11) is 2.17. The summed E-state index contributed by atoms with van der Waals surface area (Å²) in [5.41, 5.74) is 7.73. The van der Waals surface area contributed by atoms with E-state index in [0.29, 0.717) is 5.92 Å². The Balaban J connectivity index is 1.56. The Bertz CT molecular complexity index is 1750. The average molecular weight is 473 g/mol. The first-order valence-corrected chi connectivity index (χ1v) is 13.1. The Hall–Kier alpha value is -3.92. The molecular formula is C32H30N3O+. The van der Waals surface area contributed by atoms with Gasteiger partial charge in [0.2, 0.25) is 0 Å². The first-order valence-electron chi connectivity index (χ1n) is 13.1. The van der Waals surface area contributed by atoms with E-state index < -0.39 is 0 Å². The molecule has 0 radical (unpaired) electrons. The van der Waals surface area contributed by atoms with Crippen LogP contribution in [0, 0.1) is 6.92 Å². The van der Waals surface area contributed by atoms with Gasteiger partial charge in [0.1, 0.15) is 11.2 Å². The molecule has 0 amide bonds. The molecule has 2 aromatic heterocycles. The largest absolute Gasteiger partial charge is 0.440 e. The van der Waals surface area contributed by atoms with Gasteiger partial charge in [0.05, 0.1) is 12.6 Å². The Kier molecular flexibility index (Phi) is 4.95. The van der Waals surface area contributed by atoms with Crippen LogP contribution < -0.4 is 4.57 Å². The van der Waals surface area contributed by atoms with E-state index in [9.17, 15) is 0 Å². The maximum Gasteiger partial charge on any atom is 0.297 e. The quantitative estimate of drug-likeness (QED) is 0.247. The van der Waals surface area contributed by atoms with Crippen molar-refractivity contribution in [1.82, 2.24) is 9.55 Å². The summed E-state index contributed by atoms with van der Waals surface area (Å²) in [6, 6.07) is 28.1. The fourth-order valence-corrected chi connectivity index (χ4v) is 6.16. The predicted octanol–water partition coefficient (Wildman–Crippen LogP) is 7.77. The van der Waals surface area contributed by atoms with Crippen LogP contribution in [0.25, 0.3) is 50.0 Å². The van der Waals surface area contributed by atoms with Crippen molar-refractivity contribution in [3.63, 3.8) is 0 Å². The van der Waals surface area contributed by atoms with Gasteiger partial charge in [-0.25, -0.2) is 9.55 Å². The number of benzene rings is 4. The van der Waals surface area contributed by atoms with Gasteiger partial charge in [-0.3, -0.25) is 0 Å². The molecule has 7 rings (SSSR count). The van der Waals surface area contributed by atoms with Crippen LogP contribution in [0.3, 0.4) is 0 Å². The van der Waals surface area contributed by atoms with Gasteiger partial charge in [-0.15, -0.1) is 0 Å². The van der Waals surface area contributed by atoms with Gasteiger partial charge < -0.3 is 4.42 Å². The maximum absolute atomic E-state index is 6.42. The van der Waals surface area contributed by atoms with Crippen molar-refractivity contribution >= 4 is 32.9 Å². The second kappa shape index (κ2) is 8.34. The third-order valence-electron chi connectivity index (χ3n) is 7.98. The van der Waals surface area contributed by atoms with Crippen LogP contribution in [-0.2, 0) is 7.05 Å². The Morgan fingerprint density at radius 3 is 2.53 bits per heavy atom. The molecular weight excluding hydrogens is 442 g/mol. The highest BCUT2D eigenvalue weighted by molar-refractivity contribution is 5.96. The second-order valence-corrected chi connectivity index (χ2v) is 10.2. The lowest BCUT2D eigenvalue weighted by Gasteiger charge is -2.17. The first-order chi connectivity index (χ1) is 17.7. The van der Waals surface area contributed by atoms with Gasteiger partial charge >= 0.3 is 0 Å². The smallest absolute Gasteiger partial charge is 0.297 e. The lowest BCUT2D eigenvalue weighted by molar-refractivity contribution is -0.633. The van der Waals surface area contributed by atoms with Gasteiger partial charge in [0, 0.05) is 11.3 Å². The highest BCUT2D eigenvalue weighted by atomic mass is 16.3. The Morgan fingerprint density at radius 2 is 1.64 bits per heavy atom. The van der Waals surface area contributed by atoms with Crippen molar-refractivity contribution in [3.8, 4) is 17.1 Å². The summed E-state index contributed by atoms with van der Waals surface area (Å²) in [4.78, 5) is 5.19.